The van der Waals surface area contributed by atoms with Gasteiger partial charge in [-0.3, -0.25) is 14.5 Å². The number of amides is 2. The number of nitrogens with one attached hydrogen (secondary N) is 1. The van der Waals surface area contributed by atoms with Crippen molar-refractivity contribution in [2.45, 2.75) is 18.9 Å². The Kier molecular flexibility index (Phi) is 6.85. The standard InChI is InChI=1S/C30H27N3O4/c34-27-15-14-23(28(21-8-3-1-4-9-21)22-10-5-2-6-11-22)20-32(27)19-17-31-29(35)25-12-7-13-26-24(25)16-18-33(26)30(36)37/h1-15,20,28H,16-19H2,(H,31,35)(H,36,37). The van der Waals surface area contributed by atoms with Gasteiger partial charge in [-0.25, -0.2) is 4.79 Å². The molecule has 0 bridgehead atoms. The monoisotopic (exact) mass is 493 g/mol. The minimum absolute atomic E-state index is 0.0343. The summed E-state index contributed by atoms with van der Waals surface area (Å²) in [5.74, 6) is -0.312. The molecule has 5 rings (SSSR count). The smallest absolute Gasteiger partial charge is 0.411 e. The van der Waals surface area contributed by atoms with E-state index in [4.69, 9.17) is 0 Å². The SMILES string of the molecule is O=C(NCCn1cc(C(c2ccccc2)c2ccccc2)ccc1=O)c1cccc2c1CCN2C(=O)O. The molecule has 0 radical (unpaired) electrons. The molecule has 0 fully saturated rings. The van der Waals surface area contributed by atoms with Crippen molar-refractivity contribution in [1.82, 2.24) is 9.88 Å². The van der Waals surface area contributed by atoms with Gasteiger partial charge in [0.05, 0.1) is 5.69 Å². The quantitative estimate of drug-likeness (QED) is 0.397. The van der Waals surface area contributed by atoms with Crippen LogP contribution in [0.5, 0.6) is 0 Å². The summed E-state index contributed by atoms with van der Waals surface area (Å²) >= 11 is 0. The van der Waals surface area contributed by atoms with E-state index in [0.717, 1.165) is 22.3 Å². The van der Waals surface area contributed by atoms with Crippen LogP contribution in [0.2, 0.25) is 0 Å². The summed E-state index contributed by atoms with van der Waals surface area (Å²) in [5, 5.41) is 12.3. The Labute approximate surface area is 214 Å². The number of hydrogen-bond acceptors (Lipinski definition) is 3. The summed E-state index contributed by atoms with van der Waals surface area (Å²) in [6.45, 7) is 0.905. The number of benzene rings is 3. The Morgan fingerprint density at radius 2 is 1.51 bits per heavy atom. The van der Waals surface area contributed by atoms with Crippen molar-refractivity contribution in [3.63, 3.8) is 0 Å². The van der Waals surface area contributed by atoms with Gasteiger partial charge in [0.1, 0.15) is 0 Å². The molecule has 7 nitrogen and oxygen atoms in total. The Morgan fingerprint density at radius 1 is 0.838 bits per heavy atom. The van der Waals surface area contributed by atoms with Gasteiger partial charge in [0.2, 0.25) is 0 Å². The van der Waals surface area contributed by atoms with Crippen LogP contribution >= 0.6 is 0 Å². The van der Waals surface area contributed by atoms with Gasteiger partial charge in [-0.1, -0.05) is 72.8 Å². The number of rotatable bonds is 7. The molecule has 37 heavy (non-hydrogen) atoms. The van der Waals surface area contributed by atoms with Crippen molar-refractivity contribution in [3.8, 4) is 0 Å². The summed E-state index contributed by atoms with van der Waals surface area (Å²) in [7, 11) is 0. The first-order chi connectivity index (χ1) is 18.0. The molecular formula is C30H27N3O4. The fourth-order valence-corrected chi connectivity index (χ4v) is 4.99. The Bertz CT molecular complexity index is 1440. The van der Waals surface area contributed by atoms with Crippen LogP contribution in [0.4, 0.5) is 10.5 Å². The van der Waals surface area contributed by atoms with Crippen LogP contribution in [0.1, 0.15) is 38.5 Å². The highest BCUT2D eigenvalue weighted by Gasteiger charge is 2.27. The van der Waals surface area contributed by atoms with E-state index >= 15 is 0 Å². The topological polar surface area (TPSA) is 91.6 Å². The summed E-state index contributed by atoms with van der Waals surface area (Å²) < 4.78 is 1.62. The van der Waals surface area contributed by atoms with E-state index in [2.05, 4.69) is 29.6 Å². The largest absolute Gasteiger partial charge is 0.465 e. The van der Waals surface area contributed by atoms with Crippen LogP contribution in [0.25, 0.3) is 0 Å². The van der Waals surface area contributed by atoms with E-state index in [1.165, 1.54) is 4.90 Å². The number of nitrogens with zero attached hydrogens (tertiary/aromatic N) is 2. The third-order valence-corrected chi connectivity index (χ3v) is 6.75. The number of carbonyl (C=O) groups is 2. The van der Waals surface area contributed by atoms with E-state index in [1.54, 1.807) is 28.8 Å². The zero-order chi connectivity index (χ0) is 25.8. The summed E-state index contributed by atoms with van der Waals surface area (Å²) in [4.78, 5) is 38.3. The minimum atomic E-state index is -1.03. The predicted octanol–water partition coefficient (Wildman–Crippen LogP) is 4.50. The zero-order valence-corrected chi connectivity index (χ0v) is 20.2. The van der Waals surface area contributed by atoms with Crippen LogP contribution in [-0.2, 0) is 13.0 Å². The zero-order valence-electron chi connectivity index (χ0n) is 20.2. The third-order valence-electron chi connectivity index (χ3n) is 6.75. The summed E-state index contributed by atoms with van der Waals surface area (Å²) in [5.41, 5.74) is 4.84. The molecule has 1 aromatic heterocycles. The molecule has 0 spiro atoms. The lowest BCUT2D eigenvalue weighted by molar-refractivity contribution is 0.0951. The van der Waals surface area contributed by atoms with Gasteiger partial charge in [-0.05, 0) is 40.8 Å². The van der Waals surface area contributed by atoms with Gasteiger partial charge in [0, 0.05) is 43.4 Å². The summed E-state index contributed by atoms with van der Waals surface area (Å²) in [6.07, 6.45) is 1.33. The van der Waals surface area contributed by atoms with Gasteiger partial charge in [-0.15, -0.1) is 0 Å². The van der Waals surface area contributed by atoms with Crippen molar-refractivity contribution in [2.75, 3.05) is 18.0 Å². The molecule has 2 N–H and O–H groups in total. The van der Waals surface area contributed by atoms with Gasteiger partial charge in [0.25, 0.3) is 11.5 Å². The second kappa shape index (κ2) is 10.5. The maximum Gasteiger partial charge on any atom is 0.411 e. The van der Waals surface area contributed by atoms with E-state index < -0.39 is 6.09 Å². The molecule has 0 saturated heterocycles. The predicted molar refractivity (Wildman–Crippen MR) is 142 cm³/mol. The number of aromatic nitrogens is 1. The average molecular weight is 494 g/mol. The van der Waals surface area contributed by atoms with Crippen LogP contribution in [0.3, 0.4) is 0 Å². The fourth-order valence-electron chi connectivity index (χ4n) is 4.99. The average Bonchev–Trinajstić information content (AvgIpc) is 3.36. The Hall–Kier alpha value is -4.65. The van der Waals surface area contributed by atoms with Crippen molar-refractivity contribution < 1.29 is 14.7 Å². The highest BCUT2D eigenvalue weighted by molar-refractivity contribution is 6.00. The van der Waals surface area contributed by atoms with E-state index in [-0.39, 0.29) is 23.9 Å². The van der Waals surface area contributed by atoms with Crippen LogP contribution in [0.15, 0.2) is 102 Å². The molecule has 0 atom stereocenters. The van der Waals surface area contributed by atoms with Crippen molar-refractivity contribution in [3.05, 3.63) is 135 Å². The molecule has 0 aliphatic carbocycles. The first-order valence-electron chi connectivity index (χ1n) is 12.2. The van der Waals surface area contributed by atoms with Crippen LogP contribution in [0, 0.1) is 0 Å². The number of carboxylic acid groups (broad SMARTS) is 1. The molecule has 7 heteroatoms. The lowest BCUT2D eigenvalue weighted by Crippen LogP contribution is -2.31. The molecule has 3 aromatic carbocycles. The van der Waals surface area contributed by atoms with Gasteiger partial charge < -0.3 is 15.0 Å². The van der Waals surface area contributed by atoms with E-state index in [0.29, 0.717) is 30.8 Å². The number of carbonyl (C=O) groups excluding carboxylic acids is 1. The first kappa shape index (κ1) is 24.1. The maximum absolute atomic E-state index is 12.9. The molecule has 186 valence electrons. The maximum atomic E-state index is 12.9. The summed E-state index contributed by atoms with van der Waals surface area (Å²) in [6, 6.07) is 28.9. The van der Waals surface area contributed by atoms with E-state index in [1.807, 2.05) is 48.7 Å². The molecule has 0 unspecified atom stereocenters. The lowest BCUT2D eigenvalue weighted by atomic mass is 9.86. The third kappa shape index (κ3) is 5.02. The van der Waals surface area contributed by atoms with Gasteiger partial charge >= 0.3 is 6.09 Å². The van der Waals surface area contributed by atoms with Crippen LogP contribution in [-0.4, -0.2) is 34.8 Å². The molecular weight excluding hydrogens is 466 g/mol. The number of hydrogen-bond donors (Lipinski definition) is 2. The molecule has 1 aliphatic heterocycles. The van der Waals surface area contributed by atoms with Gasteiger partial charge in [0.15, 0.2) is 0 Å². The number of pyridine rings is 1. The molecule has 0 saturated carbocycles. The molecule has 1 aliphatic rings. The van der Waals surface area contributed by atoms with Crippen molar-refractivity contribution in [2.24, 2.45) is 0 Å². The van der Waals surface area contributed by atoms with Gasteiger partial charge in [-0.2, -0.15) is 0 Å². The Balaban J connectivity index is 1.34. The number of fused-ring (bicyclic) bond motifs is 1. The number of anilines is 1. The lowest BCUT2D eigenvalue weighted by Gasteiger charge is -2.20. The van der Waals surface area contributed by atoms with E-state index in [9.17, 15) is 19.5 Å². The Morgan fingerprint density at radius 3 is 2.16 bits per heavy atom. The fraction of sp³-hybridized carbons (Fsp3) is 0.167. The minimum Gasteiger partial charge on any atom is -0.465 e. The first-order valence-corrected chi connectivity index (χ1v) is 12.2. The van der Waals surface area contributed by atoms with Crippen molar-refractivity contribution in [1.29, 1.82) is 0 Å². The van der Waals surface area contributed by atoms with Crippen LogP contribution < -0.4 is 15.8 Å². The molecule has 2 amide bonds. The van der Waals surface area contributed by atoms with Crippen molar-refractivity contribution >= 4 is 17.7 Å². The highest BCUT2D eigenvalue weighted by Crippen LogP contribution is 2.32. The molecule has 4 aromatic rings. The highest BCUT2D eigenvalue weighted by atomic mass is 16.4. The second-order valence-electron chi connectivity index (χ2n) is 8.99. The normalized spacial score (nSPS) is 12.4. The second-order valence-corrected chi connectivity index (χ2v) is 8.99. The molecule has 2 heterocycles.